The number of hydrogen-bond donors (Lipinski definition) is 1. The van der Waals surface area contributed by atoms with E-state index in [9.17, 15) is 4.79 Å². The third kappa shape index (κ3) is 3.50. The van der Waals surface area contributed by atoms with E-state index in [1.807, 2.05) is 0 Å². The second-order valence-electron chi connectivity index (χ2n) is 3.23. The third-order valence-electron chi connectivity index (χ3n) is 1.94. The maximum Gasteiger partial charge on any atom is 0.311 e. The third-order valence-corrected chi connectivity index (χ3v) is 1.94. The van der Waals surface area contributed by atoms with Crippen molar-refractivity contribution in [3.63, 3.8) is 0 Å². The summed E-state index contributed by atoms with van der Waals surface area (Å²) in [6, 6.07) is 6.33. The summed E-state index contributed by atoms with van der Waals surface area (Å²) in [5.41, 5.74) is 0. The van der Waals surface area contributed by atoms with Gasteiger partial charge in [-0.1, -0.05) is 0 Å². The lowest BCUT2D eigenvalue weighted by atomic mass is 10.2. The lowest BCUT2D eigenvalue weighted by molar-refractivity contribution is -0.145. The smallest absolute Gasteiger partial charge is 0.311 e. The van der Waals surface area contributed by atoms with Crippen LogP contribution in [0.3, 0.4) is 0 Å². The van der Waals surface area contributed by atoms with Gasteiger partial charge in [-0.05, 0) is 31.2 Å². The molecule has 0 spiro atoms. The van der Waals surface area contributed by atoms with Crippen LogP contribution in [0.5, 0.6) is 11.5 Å². The average molecular weight is 210 g/mol. The molecule has 1 atom stereocenters. The van der Waals surface area contributed by atoms with Crippen LogP contribution < -0.4 is 4.74 Å². The van der Waals surface area contributed by atoms with Crippen LogP contribution in [0.15, 0.2) is 24.3 Å². The highest BCUT2D eigenvalue weighted by atomic mass is 16.5. The van der Waals surface area contributed by atoms with Gasteiger partial charge < -0.3 is 14.6 Å². The Kier molecular flexibility index (Phi) is 3.97. The monoisotopic (exact) mass is 210 g/mol. The van der Waals surface area contributed by atoms with Crippen molar-refractivity contribution in [3.05, 3.63) is 24.3 Å². The second kappa shape index (κ2) is 5.24. The van der Waals surface area contributed by atoms with Crippen LogP contribution in [0, 0.1) is 5.92 Å². The van der Waals surface area contributed by atoms with E-state index in [0.717, 1.165) is 0 Å². The fourth-order valence-electron chi connectivity index (χ4n) is 1.03. The molecule has 4 nitrogen and oxygen atoms in total. The van der Waals surface area contributed by atoms with E-state index in [2.05, 4.69) is 4.74 Å². The minimum absolute atomic E-state index is 0.184. The van der Waals surface area contributed by atoms with Crippen molar-refractivity contribution in [1.82, 2.24) is 0 Å². The van der Waals surface area contributed by atoms with E-state index in [0.29, 0.717) is 5.75 Å². The van der Waals surface area contributed by atoms with Crippen molar-refractivity contribution in [2.75, 3.05) is 13.7 Å². The minimum Gasteiger partial charge on any atom is -0.508 e. The molecule has 0 bridgehead atoms. The first-order chi connectivity index (χ1) is 7.13. The van der Waals surface area contributed by atoms with Gasteiger partial charge in [0.2, 0.25) is 0 Å². The molecule has 0 saturated carbocycles. The summed E-state index contributed by atoms with van der Waals surface area (Å²) in [7, 11) is 1.35. The van der Waals surface area contributed by atoms with Crippen LogP contribution in [0.1, 0.15) is 6.92 Å². The van der Waals surface area contributed by atoms with Gasteiger partial charge >= 0.3 is 5.97 Å². The van der Waals surface area contributed by atoms with Crippen LogP contribution in [-0.2, 0) is 9.53 Å². The molecule has 1 N–H and O–H groups in total. The van der Waals surface area contributed by atoms with Crippen LogP contribution in [0.2, 0.25) is 0 Å². The number of carbonyl (C=O) groups is 1. The molecule has 1 rings (SSSR count). The van der Waals surface area contributed by atoms with Crippen LogP contribution in [0.25, 0.3) is 0 Å². The highest BCUT2D eigenvalue weighted by molar-refractivity contribution is 5.71. The van der Waals surface area contributed by atoms with Crippen molar-refractivity contribution in [3.8, 4) is 11.5 Å². The zero-order valence-corrected chi connectivity index (χ0v) is 8.77. The second-order valence-corrected chi connectivity index (χ2v) is 3.23. The van der Waals surface area contributed by atoms with E-state index in [1.165, 1.54) is 19.2 Å². The zero-order chi connectivity index (χ0) is 11.3. The summed E-state index contributed by atoms with van der Waals surface area (Å²) < 4.78 is 9.89. The lowest BCUT2D eigenvalue weighted by Gasteiger charge is -2.10. The summed E-state index contributed by atoms with van der Waals surface area (Å²) in [5, 5.41) is 9.03. The van der Waals surface area contributed by atoms with Gasteiger partial charge in [0.15, 0.2) is 0 Å². The van der Waals surface area contributed by atoms with Crippen LogP contribution in [-0.4, -0.2) is 24.8 Å². The molecule has 1 aromatic carbocycles. The van der Waals surface area contributed by atoms with E-state index < -0.39 is 0 Å². The highest BCUT2D eigenvalue weighted by Crippen LogP contribution is 2.16. The van der Waals surface area contributed by atoms with Gasteiger partial charge in [0.25, 0.3) is 0 Å². The quantitative estimate of drug-likeness (QED) is 0.766. The van der Waals surface area contributed by atoms with Gasteiger partial charge in [0.05, 0.1) is 13.0 Å². The predicted octanol–water partition coefficient (Wildman–Crippen LogP) is 1.58. The molecule has 0 fully saturated rings. The minimum atomic E-state index is -0.302. The maximum atomic E-state index is 11.0. The normalized spacial score (nSPS) is 11.9. The molecule has 1 unspecified atom stereocenters. The van der Waals surface area contributed by atoms with Crippen molar-refractivity contribution in [2.24, 2.45) is 5.92 Å². The molecule has 0 aliphatic heterocycles. The fraction of sp³-hybridized carbons (Fsp3) is 0.364. The Balaban J connectivity index is 2.43. The number of phenols is 1. The first-order valence-electron chi connectivity index (χ1n) is 4.63. The molecular formula is C11H14O4. The largest absolute Gasteiger partial charge is 0.508 e. The number of esters is 1. The average Bonchev–Trinajstić information content (AvgIpc) is 2.26. The Bertz CT molecular complexity index is 318. The Morgan fingerprint density at radius 2 is 2.00 bits per heavy atom. The summed E-state index contributed by atoms with van der Waals surface area (Å²) in [4.78, 5) is 11.0. The molecule has 4 heteroatoms. The van der Waals surface area contributed by atoms with E-state index >= 15 is 0 Å². The number of ether oxygens (including phenoxy) is 2. The fourth-order valence-corrected chi connectivity index (χ4v) is 1.03. The Morgan fingerprint density at radius 3 is 2.53 bits per heavy atom. The molecule has 15 heavy (non-hydrogen) atoms. The van der Waals surface area contributed by atoms with Gasteiger partial charge in [-0.3, -0.25) is 4.79 Å². The number of methoxy groups -OCH3 is 1. The van der Waals surface area contributed by atoms with Crippen LogP contribution >= 0.6 is 0 Å². The standard InChI is InChI=1S/C11H14O4/c1-8(11(13)14-2)7-15-10-5-3-9(12)4-6-10/h3-6,8,12H,7H2,1-2H3. The molecule has 82 valence electrons. The summed E-state index contributed by atoms with van der Waals surface area (Å²) in [6.07, 6.45) is 0. The van der Waals surface area contributed by atoms with E-state index in [-0.39, 0.29) is 24.2 Å². The molecule has 0 aliphatic rings. The van der Waals surface area contributed by atoms with Gasteiger partial charge in [-0.25, -0.2) is 0 Å². The number of hydrogen-bond acceptors (Lipinski definition) is 4. The lowest BCUT2D eigenvalue weighted by Crippen LogP contribution is -2.19. The first-order valence-corrected chi connectivity index (χ1v) is 4.63. The van der Waals surface area contributed by atoms with Gasteiger partial charge in [0.1, 0.15) is 18.1 Å². The van der Waals surface area contributed by atoms with E-state index in [4.69, 9.17) is 9.84 Å². The number of benzene rings is 1. The number of aromatic hydroxyl groups is 1. The first kappa shape index (κ1) is 11.4. The molecule has 0 saturated heterocycles. The molecule has 0 aliphatic carbocycles. The zero-order valence-electron chi connectivity index (χ0n) is 8.77. The SMILES string of the molecule is COC(=O)C(C)COc1ccc(O)cc1. The molecular weight excluding hydrogens is 196 g/mol. The summed E-state index contributed by atoms with van der Waals surface area (Å²) in [5.74, 6) is 0.199. The highest BCUT2D eigenvalue weighted by Gasteiger charge is 2.13. The van der Waals surface area contributed by atoms with Crippen molar-refractivity contribution >= 4 is 5.97 Å². The van der Waals surface area contributed by atoms with Gasteiger partial charge in [-0.2, -0.15) is 0 Å². The van der Waals surface area contributed by atoms with E-state index in [1.54, 1.807) is 19.1 Å². The van der Waals surface area contributed by atoms with Crippen molar-refractivity contribution in [1.29, 1.82) is 0 Å². The Hall–Kier alpha value is -1.71. The molecule has 0 amide bonds. The Morgan fingerprint density at radius 1 is 1.40 bits per heavy atom. The number of rotatable bonds is 4. The van der Waals surface area contributed by atoms with Gasteiger partial charge in [0, 0.05) is 0 Å². The molecule has 0 aromatic heterocycles. The number of phenolic OH excluding ortho intramolecular Hbond substituents is 1. The predicted molar refractivity (Wildman–Crippen MR) is 54.8 cm³/mol. The number of carbonyl (C=O) groups excluding carboxylic acids is 1. The van der Waals surface area contributed by atoms with Crippen molar-refractivity contribution < 1.29 is 19.4 Å². The topological polar surface area (TPSA) is 55.8 Å². The molecule has 1 aromatic rings. The summed E-state index contributed by atoms with van der Waals surface area (Å²) in [6.45, 7) is 1.99. The van der Waals surface area contributed by atoms with Crippen molar-refractivity contribution in [2.45, 2.75) is 6.92 Å². The van der Waals surface area contributed by atoms with Crippen LogP contribution in [0.4, 0.5) is 0 Å². The van der Waals surface area contributed by atoms with Gasteiger partial charge in [-0.15, -0.1) is 0 Å². The maximum absolute atomic E-state index is 11.0. The Labute approximate surface area is 88.4 Å². The summed E-state index contributed by atoms with van der Waals surface area (Å²) >= 11 is 0. The molecule has 0 radical (unpaired) electrons. The molecule has 0 heterocycles.